The van der Waals surface area contributed by atoms with Crippen LogP contribution in [-0.4, -0.2) is 4.98 Å². The van der Waals surface area contributed by atoms with Crippen LogP contribution in [0.15, 0.2) is 40.3 Å². The molecule has 0 radical (unpaired) electrons. The average Bonchev–Trinajstić information content (AvgIpc) is 2.80. The molecular weight excluding hydrogens is 286 g/mol. The lowest BCUT2D eigenvalue weighted by atomic mass is 10.1. The smallest absolute Gasteiger partial charge is 0.0732 e. The Bertz CT molecular complexity index is 444. The molecule has 0 aliphatic carbocycles. The third kappa shape index (κ3) is 2.68. The van der Waals surface area contributed by atoms with E-state index in [1.54, 1.807) is 17.5 Å². The Labute approximate surface area is 107 Å². The molecule has 0 amide bonds. The number of thiophene rings is 1. The van der Waals surface area contributed by atoms with Crippen molar-refractivity contribution >= 4 is 27.3 Å². The molecule has 2 heterocycles. The van der Waals surface area contributed by atoms with Crippen LogP contribution in [0.4, 0.5) is 0 Å². The fourth-order valence-electron chi connectivity index (χ4n) is 1.52. The second kappa shape index (κ2) is 5.54. The molecule has 0 saturated heterocycles. The summed E-state index contributed by atoms with van der Waals surface area (Å²) < 4.78 is 0.981. The molecule has 1 unspecified atom stereocenters. The second-order valence-electron chi connectivity index (χ2n) is 3.37. The molecule has 2 rings (SSSR count). The number of nitrogens with two attached hydrogens (primary N) is 1. The molecule has 0 aromatic carbocycles. The largest absolute Gasteiger partial charge is 0.271 e. The van der Waals surface area contributed by atoms with Gasteiger partial charge in [-0.3, -0.25) is 16.3 Å². The maximum absolute atomic E-state index is 5.58. The predicted octanol–water partition coefficient (Wildman–Crippen LogP) is 2.65. The van der Waals surface area contributed by atoms with Crippen LogP contribution in [-0.2, 0) is 6.42 Å². The summed E-state index contributed by atoms with van der Waals surface area (Å²) in [5.74, 6) is 5.58. The van der Waals surface area contributed by atoms with Crippen molar-refractivity contribution in [1.29, 1.82) is 0 Å². The molecule has 1 atom stereocenters. The first-order chi connectivity index (χ1) is 7.81. The average molecular weight is 298 g/mol. The van der Waals surface area contributed by atoms with Crippen molar-refractivity contribution in [1.82, 2.24) is 10.4 Å². The van der Waals surface area contributed by atoms with Crippen molar-refractivity contribution in [3.05, 3.63) is 50.9 Å². The van der Waals surface area contributed by atoms with Gasteiger partial charge in [0, 0.05) is 22.0 Å². The predicted molar refractivity (Wildman–Crippen MR) is 70.0 cm³/mol. The summed E-state index contributed by atoms with van der Waals surface area (Å²) in [7, 11) is 0. The van der Waals surface area contributed by atoms with Gasteiger partial charge in [-0.15, -0.1) is 11.3 Å². The minimum absolute atomic E-state index is 0.0363. The van der Waals surface area contributed by atoms with E-state index >= 15 is 0 Å². The van der Waals surface area contributed by atoms with E-state index in [0.29, 0.717) is 0 Å². The van der Waals surface area contributed by atoms with E-state index in [9.17, 15) is 0 Å². The van der Waals surface area contributed by atoms with E-state index in [0.717, 1.165) is 16.6 Å². The van der Waals surface area contributed by atoms with Gasteiger partial charge in [0.2, 0.25) is 0 Å². The lowest BCUT2D eigenvalue weighted by molar-refractivity contribution is 0.539. The number of hydrogen-bond donors (Lipinski definition) is 2. The Morgan fingerprint density at radius 3 is 2.94 bits per heavy atom. The van der Waals surface area contributed by atoms with Crippen molar-refractivity contribution < 1.29 is 0 Å². The van der Waals surface area contributed by atoms with Crippen LogP contribution in [0.25, 0.3) is 0 Å². The molecule has 0 fully saturated rings. The zero-order valence-electron chi connectivity index (χ0n) is 8.56. The maximum Gasteiger partial charge on any atom is 0.0732 e. The molecule has 0 bridgehead atoms. The molecule has 2 aromatic rings. The van der Waals surface area contributed by atoms with Gasteiger partial charge >= 0.3 is 0 Å². The summed E-state index contributed by atoms with van der Waals surface area (Å²) in [4.78, 5) is 5.64. The highest BCUT2D eigenvalue weighted by Gasteiger charge is 2.15. The highest BCUT2D eigenvalue weighted by Crippen LogP contribution is 2.24. The van der Waals surface area contributed by atoms with E-state index < -0.39 is 0 Å². The number of halogens is 1. The van der Waals surface area contributed by atoms with Crippen LogP contribution < -0.4 is 11.3 Å². The van der Waals surface area contributed by atoms with Crippen LogP contribution in [0.3, 0.4) is 0 Å². The second-order valence-corrected chi connectivity index (χ2v) is 5.26. The van der Waals surface area contributed by atoms with Crippen molar-refractivity contribution in [3.8, 4) is 0 Å². The Kier molecular flexibility index (Phi) is 4.06. The van der Waals surface area contributed by atoms with Crippen LogP contribution in [0, 0.1) is 0 Å². The Hall–Kier alpha value is -0.750. The summed E-state index contributed by atoms with van der Waals surface area (Å²) in [5.41, 5.74) is 3.75. The zero-order chi connectivity index (χ0) is 11.4. The number of aromatic nitrogens is 1. The number of rotatable bonds is 4. The van der Waals surface area contributed by atoms with Crippen LogP contribution in [0.2, 0.25) is 0 Å². The minimum atomic E-state index is 0.0363. The third-order valence-electron chi connectivity index (χ3n) is 2.30. The van der Waals surface area contributed by atoms with Crippen LogP contribution >= 0.6 is 27.3 Å². The molecule has 3 nitrogen and oxygen atoms in total. The van der Waals surface area contributed by atoms with Crippen LogP contribution in [0.5, 0.6) is 0 Å². The van der Waals surface area contributed by atoms with E-state index in [2.05, 4.69) is 37.8 Å². The quantitative estimate of drug-likeness (QED) is 0.674. The molecular formula is C11H12BrN3S. The van der Waals surface area contributed by atoms with E-state index in [1.165, 1.54) is 4.88 Å². The van der Waals surface area contributed by atoms with Gasteiger partial charge in [0.15, 0.2) is 0 Å². The van der Waals surface area contributed by atoms with E-state index in [-0.39, 0.29) is 6.04 Å². The highest BCUT2D eigenvalue weighted by molar-refractivity contribution is 9.10. The first-order valence-electron chi connectivity index (χ1n) is 4.90. The number of nitrogens with zero attached hydrogens (tertiary/aromatic N) is 1. The molecule has 16 heavy (non-hydrogen) atoms. The first kappa shape index (κ1) is 11.7. The van der Waals surface area contributed by atoms with Crippen molar-refractivity contribution in [2.24, 2.45) is 5.84 Å². The molecule has 0 saturated carbocycles. The van der Waals surface area contributed by atoms with Gasteiger partial charge in [0.1, 0.15) is 0 Å². The Morgan fingerprint density at radius 1 is 1.44 bits per heavy atom. The molecule has 3 N–H and O–H groups in total. The lowest BCUT2D eigenvalue weighted by Crippen LogP contribution is -2.30. The third-order valence-corrected chi connectivity index (χ3v) is 3.87. The number of hydrogen-bond acceptors (Lipinski definition) is 4. The molecule has 5 heteroatoms. The van der Waals surface area contributed by atoms with Crippen molar-refractivity contribution in [2.45, 2.75) is 12.5 Å². The number of hydrazine groups is 1. The Balaban J connectivity index is 2.20. The summed E-state index contributed by atoms with van der Waals surface area (Å²) in [6.07, 6.45) is 2.63. The van der Waals surface area contributed by atoms with E-state index in [1.807, 2.05) is 18.2 Å². The number of pyridine rings is 1. The molecule has 84 valence electrons. The van der Waals surface area contributed by atoms with Crippen molar-refractivity contribution in [2.75, 3.05) is 0 Å². The zero-order valence-corrected chi connectivity index (χ0v) is 11.0. The number of nitrogens with one attached hydrogen (secondary N) is 1. The van der Waals surface area contributed by atoms with Gasteiger partial charge in [0.05, 0.1) is 11.7 Å². The van der Waals surface area contributed by atoms with Crippen LogP contribution in [0.1, 0.15) is 16.6 Å². The van der Waals surface area contributed by atoms with Gasteiger partial charge in [-0.05, 0) is 39.5 Å². The molecule has 0 aliphatic rings. The minimum Gasteiger partial charge on any atom is -0.271 e. The molecule has 0 spiro atoms. The monoisotopic (exact) mass is 297 g/mol. The SMILES string of the molecule is NNC(Cc1cccs1)c1ncccc1Br. The van der Waals surface area contributed by atoms with Gasteiger partial charge in [-0.25, -0.2) is 0 Å². The van der Waals surface area contributed by atoms with Gasteiger partial charge in [0.25, 0.3) is 0 Å². The van der Waals surface area contributed by atoms with E-state index in [4.69, 9.17) is 5.84 Å². The standard InChI is InChI=1S/C11H12BrN3S/c12-9-4-1-5-14-11(9)10(15-13)7-8-3-2-6-16-8/h1-6,10,15H,7,13H2. The first-order valence-corrected chi connectivity index (χ1v) is 6.57. The fraction of sp³-hybridized carbons (Fsp3) is 0.182. The summed E-state index contributed by atoms with van der Waals surface area (Å²) in [6.45, 7) is 0. The lowest BCUT2D eigenvalue weighted by Gasteiger charge is -2.15. The molecule has 2 aromatic heterocycles. The maximum atomic E-state index is 5.58. The summed E-state index contributed by atoms with van der Waals surface area (Å²) in [6, 6.07) is 8.05. The van der Waals surface area contributed by atoms with Gasteiger partial charge < -0.3 is 0 Å². The highest BCUT2D eigenvalue weighted by atomic mass is 79.9. The normalized spacial score (nSPS) is 12.6. The summed E-state index contributed by atoms with van der Waals surface area (Å²) in [5, 5.41) is 2.07. The molecule has 0 aliphatic heterocycles. The topological polar surface area (TPSA) is 50.9 Å². The Morgan fingerprint density at radius 2 is 2.31 bits per heavy atom. The van der Waals surface area contributed by atoms with Gasteiger partial charge in [-0.1, -0.05) is 6.07 Å². The summed E-state index contributed by atoms with van der Waals surface area (Å²) >= 11 is 5.22. The van der Waals surface area contributed by atoms with Crippen molar-refractivity contribution in [3.63, 3.8) is 0 Å². The fourth-order valence-corrected chi connectivity index (χ4v) is 2.80. The van der Waals surface area contributed by atoms with Gasteiger partial charge in [-0.2, -0.15) is 0 Å².